The summed E-state index contributed by atoms with van der Waals surface area (Å²) in [7, 11) is 0. The zero-order chi connectivity index (χ0) is 6.08. The van der Waals surface area contributed by atoms with E-state index in [9.17, 15) is 0 Å². The van der Waals surface area contributed by atoms with E-state index in [0.29, 0.717) is 5.92 Å². The minimum absolute atomic E-state index is 0. The molecule has 1 nitrogen and oxygen atoms in total. The third-order valence-corrected chi connectivity index (χ3v) is 1.41. The van der Waals surface area contributed by atoms with E-state index in [4.69, 9.17) is 5.11 Å². The van der Waals surface area contributed by atoms with Crippen LogP contribution in [-0.2, 0) is 0 Å². The summed E-state index contributed by atoms with van der Waals surface area (Å²) in [5, 5.41) is 9.09. The van der Waals surface area contributed by atoms with Gasteiger partial charge in [-0.05, 0) is 19.8 Å². The molecular formula is C6H14AcO. The molecule has 0 saturated carbocycles. The maximum Gasteiger partial charge on any atom is 0.0614 e. The van der Waals surface area contributed by atoms with E-state index < -0.39 is 5.60 Å². The van der Waals surface area contributed by atoms with Crippen LogP contribution >= 0.6 is 0 Å². The second-order valence-electron chi connectivity index (χ2n) is 2.81. The van der Waals surface area contributed by atoms with Gasteiger partial charge in [-0.1, -0.05) is 13.8 Å². The van der Waals surface area contributed by atoms with E-state index in [1.54, 1.807) is 0 Å². The van der Waals surface area contributed by atoms with E-state index in [0.717, 1.165) is 0 Å². The minimum Gasteiger partial charge on any atom is -0.390 e. The standard InChI is InChI=1S/C6H14O.Ac/c1-5(2)6(3,4)7;/h5,7H,1-4H3;. The summed E-state index contributed by atoms with van der Waals surface area (Å²) < 4.78 is 0. The van der Waals surface area contributed by atoms with Crippen molar-refractivity contribution in [1.29, 1.82) is 0 Å². The molecule has 1 radical (unpaired) electrons. The van der Waals surface area contributed by atoms with Gasteiger partial charge in [-0.3, -0.25) is 0 Å². The maximum absolute atomic E-state index is 9.09. The van der Waals surface area contributed by atoms with E-state index in [1.165, 1.54) is 0 Å². The van der Waals surface area contributed by atoms with Gasteiger partial charge in [-0.2, -0.15) is 0 Å². The first kappa shape index (κ1) is 12.1. The predicted octanol–water partition coefficient (Wildman–Crippen LogP) is 1.41. The fraction of sp³-hybridized carbons (Fsp3) is 1.00. The van der Waals surface area contributed by atoms with Crippen LogP contribution in [-0.4, -0.2) is 10.7 Å². The molecule has 0 aromatic carbocycles. The zero-order valence-electron chi connectivity index (χ0n) is 6.10. The summed E-state index contributed by atoms with van der Waals surface area (Å²) in [6.45, 7) is 7.63. The van der Waals surface area contributed by atoms with Crippen molar-refractivity contribution in [3.63, 3.8) is 0 Å². The molecule has 0 bridgehead atoms. The molecule has 0 fully saturated rings. The normalized spacial score (nSPS) is 11.2. The molecule has 0 aromatic heterocycles. The van der Waals surface area contributed by atoms with Crippen LogP contribution in [0, 0.1) is 50.0 Å². The molecule has 0 atom stereocenters. The number of hydrogen-bond acceptors (Lipinski definition) is 1. The fourth-order valence-electron chi connectivity index (χ4n) is 0. The minimum atomic E-state index is -0.500. The SMILES string of the molecule is CC(C)C(C)(C)O.[Ac]. The van der Waals surface area contributed by atoms with Gasteiger partial charge in [0, 0.05) is 44.1 Å². The zero-order valence-corrected chi connectivity index (χ0v) is 10.8. The van der Waals surface area contributed by atoms with E-state index >= 15 is 0 Å². The van der Waals surface area contributed by atoms with Crippen LogP contribution in [0.25, 0.3) is 0 Å². The van der Waals surface area contributed by atoms with Crippen LogP contribution in [0.15, 0.2) is 0 Å². The molecule has 0 spiro atoms. The van der Waals surface area contributed by atoms with Crippen LogP contribution < -0.4 is 0 Å². The van der Waals surface area contributed by atoms with Crippen molar-refractivity contribution in [1.82, 2.24) is 0 Å². The van der Waals surface area contributed by atoms with Crippen LogP contribution in [0.3, 0.4) is 0 Å². The van der Waals surface area contributed by atoms with Gasteiger partial charge in [0.25, 0.3) is 0 Å². The van der Waals surface area contributed by atoms with Crippen LogP contribution in [0.5, 0.6) is 0 Å². The van der Waals surface area contributed by atoms with Gasteiger partial charge in [-0.15, -0.1) is 0 Å². The van der Waals surface area contributed by atoms with E-state index in [1.807, 2.05) is 27.7 Å². The smallest absolute Gasteiger partial charge is 0.0614 e. The Morgan fingerprint density at radius 3 is 1.38 bits per heavy atom. The summed E-state index contributed by atoms with van der Waals surface area (Å²) in [5.74, 6) is 0.354. The first-order valence-electron chi connectivity index (χ1n) is 2.67. The molecule has 0 amide bonds. The van der Waals surface area contributed by atoms with Gasteiger partial charge in [0.2, 0.25) is 0 Å². The fourth-order valence-corrected chi connectivity index (χ4v) is 0. The van der Waals surface area contributed by atoms with Crippen molar-refractivity contribution in [2.45, 2.75) is 33.3 Å². The largest absolute Gasteiger partial charge is 0.390 e. The van der Waals surface area contributed by atoms with Gasteiger partial charge in [0.1, 0.15) is 0 Å². The molecule has 0 rings (SSSR count). The summed E-state index contributed by atoms with van der Waals surface area (Å²) in [6, 6.07) is 0. The molecule has 1 N–H and O–H groups in total. The number of aliphatic hydroxyl groups is 1. The maximum atomic E-state index is 9.09. The first-order valence-corrected chi connectivity index (χ1v) is 2.67. The summed E-state index contributed by atoms with van der Waals surface area (Å²) in [6.07, 6.45) is 0. The Morgan fingerprint density at radius 2 is 1.38 bits per heavy atom. The predicted molar refractivity (Wildman–Crippen MR) is 31.1 cm³/mol. The van der Waals surface area contributed by atoms with Crippen molar-refractivity contribution >= 4 is 0 Å². The molecule has 0 unspecified atom stereocenters. The second-order valence-corrected chi connectivity index (χ2v) is 2.81. The first-order chi connectivity index (χ1) is 2.94. The third kappa shape index (κ3) is 5.54. The van der Waals surface area contributed by atoms with Crippen molar-refractivity contribution in [3.8, 4) is 0 Å². The molecule has 0 aromatic rings. The van der Waals surface area contributed by atoms with Crippen molar-refractivity contribution in [2.75, 3.05) is 0 Å². The quantitative estimate of drug-likeness (QED) is 0.771. The molecular weight excluding hydrogens is 315 g/mol. The molecule has 2 heteroatoms. The van der Waals surface area contributed by atoms with Gasteiger partial charge in [0.05, 0.1) is 5.60 Å². The molecule has 0 saturated heterocycles. The average Bonchev–Trinajstić information content (AvgIpc) is 1.31. The summed E-state index contributed by atoms with van der Waals surface area (Å²) >= 11 is 0. The van der Waals surface area contributed by atoms with Gasteiger partial charge < -0.3 is 5.11 Å². The second kappa shape index (κ2) is 4.25. The van der Waals surface area contributed by atoms with Crippen molar-refractivity contribution in [3.05, 3.63) is 0 Å². The topological polar surface area (TPSA) is 20.2 Å². The van der Waals surface area contributed by atoms with Gasteiger partial charge >= 0.3 is 0 Å². The van der Waals surface area contributed by atoms with E-state index in [-0.39, 0.29) is 44.1 Å². The molecule has 0 aliphatic carbocycles. The third-order valence-electron chi connectivity index (χ3n) is 1.41. The van der Waals surface area contributed by atoms with Crippen LogP contribution in [0.1, 0.15) is 27.7 Å². The summed E-state index contributed by atoms with van der Waals surface area (Å²) in [5.41, 5.74) is -0.500. The van der Waals surface area contributed by atoms with Crippen molar-refractivity contribution in [2.24, 2.45) is 5.92 Å². The van der Waals surface area contributed by atoms with Crippen molar-refractivity contribution < 1.29 is 49.2 Å². The Bertz CT molecular complexity index is 54.0. The average molecular weight is 329 g/mol. The monoisotopic (exact) mass is 329 g/mol. The molecule has 0 aliphatic heterocycles. The Morgan fingerprint density at radius 1 is 1.25 bits per heavy atom. The number of rotatable bonds is 1. The Balaban J connectivity index is 0. The van der Waals surface area contributed by atoms with Crippen LogP contribution in [0.4, 0.5) is 0 Å². The number of hydrogen-bond donors (Lipinski definition) is 1. The van der Waals surface area contributed by atoms with Gasteiger partial charge in [0.15, 0.2) is 0 Å². The van der Waals surface area contributed by atoms with Crippen LogP contribution in [0.2, 0.25) is 0 Å². The molecule has 0 heterocycles. The van der Waals surface area contributed by atoms with E-state index in [2.05, 4.69) is 0 Å². The molecule has 47 valence electrons. The molecule has 8 heavy (non-hydrogen) atoms. The Labute approximate surface area is 87.4 Å². The molecule has 0 aliphatic rings. The van der Waals surface area contributed by atoms with Gasteiger partial charge in [-0.25, -0.2) is 0 Å². The Hall–Kier alpha value is 1.40. The Kier molecular flexibility index (Phi) is 6.44. The summed E-state index contributed by atoms with van der Waals surface area (Å²) in [4.78, 5) is 0.